The van der Waals surface area contributed by atoms with Crippen molar-refractivity contribution in [3.8, 4) is 5.75 Å². The summed E-state index contributed by atoms with van der Waals surface area (Å²) in [5.41, 5.74) is 1.38. The van der Waals surface area contributed by atoms with E-state index in [1.54, 1.807) is 12.1 Å². The molecule has 0 radical (unpaired) electrons. The highest BCUT2D eigenvalue weighted by Gasteiger charge is 2.12. The van der Waals surface area contributed by atoms with Gasteiger partial charge in [0, 0.05) is 5.56 Å². The fourth-order valence-corrected chi connectivity index (χ4v) is 1.66. The highest BCUT2D eigenvalue weighted by atomic mass is 35.5. The Morgan fingerprint density at radius 2 is 2.13 bits per heavy atom. The van der Waals surface area contributed by atoms with Gasteiger partial charge < -0.3 is 4.74 Å². The minimum absolute atomic E-state index is 0.0366. The number of ether oxygens (including phenoxy) is 1. The second-order valence-corrected chi connectivity index (χ2v) is 3.76. The van der Waals surface area contributed by atoms with Gasteiger partial charge in [-0.05, 0) is 31.5 Å². The van der Waals surface area contributed by atoms with Gasteiger partial charge in [0.2, 0.25) is 0 Å². The van der Waals surface area contributed by atoms with Gasteiger partial charge in [-0.15, -0.1) is 11.6 Å². The molecule has 1 aromatic carbocycles. The van der Waals surface area contributed by atoms with Gasteiger partial charge in [0.05, 0.1) is 17.5 Å². The third kappa shape index (κ3) is 2.86. The molecule has 0 fully saturated rings. The lowest BCUT2D eigenvalue weighted by atomic mass is 10.1. The number of alkyl halides is 1. The summed E-state index contributed by atoms with van der Waals surface area (Å²) in [4.78, 5) is 11.4. The Labute approximate surface area is 99.1 Å². The zero-order chi connectivity index (χ0) is 11.4. The van der Waals surface area contributed by atoms with Gasteiger partial charge in [0.1, 0.15) is 5.75 Å². The maximum absolute atomic E-state index is 11.4. The number of carbonyl (C=O) groups is 1. The molecule has 0 saturated carbocycles. The molecule has 0 heterocycles. The van der Waals surface area contributed by atoms with Gasteiger partial charge >= 0.3 is 0 Å². The summed E-state index contributed by atoms with van der Waals surface area (Å²) in [7, 11) is 0. The summed E-state index contributed by atoms with van der Waals surface area (Å²) < 4.78 is 5.31. The predicted molar refractivity (Wildman–Crippen MR) is 62.4 cm³/mol. The molecule has 1 aromatic rings. The fraction of sp³-hybridized carbons (Fsp3) is 0.364. The molecule has 0 bridgehead atoms. The Hall–Kier alpha value is -0.730. The monoisotopic (exact) mass is 246 g/mol. The summed E-state index contributed by atoms with van der Waals surface area (Å²) in [6.07, 6.45) is 0. The molecule has 0 atom stereocenters. The van der Waals surface area contributed by atoms with Gasteiger partial charge in [0.15, 0.2) is 5.78 Å². The summed E-state index contributed by atoms with van der Waals surface area (Å²) in [6, 6.07) is 3.36. The van der Waals surface area contributed by atoms with Crippen LogP contribution < -0.4 is 4.74 Å². The van der Waals surface area contributed by atoms with E-state index in [1.165, 1.54) is 0 Å². The number of Topliss-reactive ketones (excluding diaryl/α,β-unsaturated/α-hetero) is 1. The van der Waals surface area contributed by atoms with E-state index in [2.05, 4.69) is 0 Å². The van der Waals surface area contributed by atoms with Crippen molar-refractivity contribution in [1.82, 2.24) is 0 Å². The third-order valence-electron chi connectivity index (χ3n) is 2.00. The Bertz CT molecular complexity index is 375. The average Bonchev–Trinajstić information content (AvgIpc) is 2.22. The Balaban J connectivity index is 3.13. The minimum atomic E-state index is -0.126. The number of aryl methyl sites for hydroxylation is 1. The molecule has 0 unspecified atom stereocenters. The van der Waals surface area contributed by atoms with Crippen molar-refractivity contribution in [1.29, 1.82) is 0 Å². The molecule has 0 amide bonds. The lowest BCUT2D eigenvalue weighted by Crippen LogP contribution is -2.04. The zero-order valence-electron chi connectivity index (χ0n) is 8.64. The van der Waals surface area contributed by atoms with Crippen molar-refractivity contribution in [2.75, 3.05) is 12.5 Å². The molecule has 0 saturated heterocycles. The fourth-order valence-electron chi connectivity index (χ4n) is 1.29. The van der Waals surface area contributed by atoms with E-state index in [9.17, 15) is 4.79 Å². The van der Waals surface area contributed by atoms with Gasteiger partial charge in [-0.1, -0.05) is 11.6 Å². The minimum Gasteiger partial charge on any atom is -0.492 e. The van der Waals surface area contributed by atoms with Crippen molar-refractivity contribution in [2.24, 2.45) is 0 Å². The number of halogens is 2. The molecular weight excluding hydrogens is 235 g/mol. The van der Waals surface area contributed by atoms with Crippen LogP contribution in [-0.2, 0) is 0 Å². The molecule has 0 aliphatic carbocycles. The maximum atomic E-state index is 11.4. The molecular formula is C11H12Cl2O2. The quantitative estimate of drug-likeness (QED) is 0.601. The van der Waals surface area contributed by atoms with Crippen molar-refractivity contribution in [3.05, 3.63) is 28.3 Å². The van der Waals surface area contributed by atoms with Crippen LogP contribution in [0.4, 0.5) is 0 Å². The molecule has 15 heavy (non-hydrogen) atoms. The second kappa shape index (κ2) is 5.38. The van der Waals surface area contributed by atoms with Crippen molar-refractivity contribution in [2.45, 2.75) is 13.8 Å². The Morgan fingerprint density at radius 1 is 1.47 bits per heavy atom. The summed E-state index contributed by atoms with van der Waals surface area (Å²) in [6.45, 7) is 4.25. The van der Waals surface area contributed by atoms with Gasteiger partial charge in [-0.3, -0.25) is 4.79 Å². The van der Waals surface area contributed by atoms with E-state index in [0.29, 0.717) is 22.9 Å². The first-order chi connectivity index (χ1) is 7.10. The SMILES string of the molecule is CCOc1cc(C)c(C(=O)CCl)cc1Cl. The van der Waals surface area contributed by atoms with Crippen LogP contribution >= 0.6 is 23.2 Å². The van der Waals surface area contributed by atoms with Crippen LogP contribution in [0.15, 0.2) is 12.1 Å². The third-order valence-corrected chi connectivity index (χ3v) is 2.54. The Morgan fingerprint density at radius 3 is 2.67 bits per heavy atom. The number of benzene rings is 1. The summed E-state index contributed by atoms with van der Waals surface area (Å²) in [5.74, 6) is 0.437. The molecule has 1 rings (SSSR count). The van der Waals surface area contributed by atoms with Crippen molar-refractivity contribution >= 4 is 29.0 Å². The van der Waals surface area contributed by atoms with E-state index in [0.717, 1.165) is 5.56 Å². The van der Waals surface area contributed by atoms with Crippen LogP contribution in [0, 0.1) is 6.92 Å². The van der Waals surface area contributed by atoms with Crippen molar-refractivity contribution < 1.29 is 9.53 Å². The van der Waals surface area contributed by atoms with Crippen LogP contribution in [0.1, 0.15) is 22.8 Å². The Kier molecular flexibility index (Phi) is 4.43. The molecule has 82 valence electrons. The summed E-state index contributed by atoms with van der Waals surface area (Å²) >= 11 is 11.4. The normalized spacial score (nSPS) is 10.1. The maximum Gasteiger partial charge on any atom is 0.177 e. The van der Waals surface area contributed by atoms with Gasteiger partial charge in [0.25, 0.3) is 0 Å². The van der Waals surface area contributed by atoms with Crippen LogP contribution in [0.25, 0.3) is 0 Å². The first-order valence-corrected chi connectivity index (χ1v) is 5.53. The predicted octanol–water partition coefficient (Wildman–Crippen LogP) is 3.47. The lowest BCUT2D eigenvalue weighted by Gasteiger charge is -2.09. The number of rotatable bonds is 4. The lowest BCUT2D eigenvalue weighted by molar-refractivity contribution is 0.102. The number of ketones is 1. The zero-order valence-corrected chi connectivity index (χ0v) is 10.2. The topological polar surface area (TPSA) is 26.3 Å². The molecule has 0 aliphatic heterocycles. The molecule has 0 aromatic heterocycles. The second-order valence-electron chi connectivity index (χ2n) is 3.09. The highest BCUT2D eigenvalue weighted by molar-refractivity contribution is 6.34. The smallest absolute Gasteiger partial charge is 0.177 e. The number of hydrogen-bond donors (Lipinski definition) is 0. The van der Waals surface area contributed by atoms with Crippen LogP contribution in [0.5, 0.6) is 5.75 Å². The average molecular weight is 247 g/mol. The largest absolute Gasteiger partial charge is 0.492 e. The van der Waals surface area contributed by atoms with E-state index < -0.39 is 0 Å². The highest BCUT2D eigenvalue weighted by Crippen LogP contribution is 2.28. The van der Waals surface area contributed by atoms with E-state index >= 15 is 0 Å². The molecule has 0 aliphatic rings. The van der Waals surface area contributed by atoms with E-state index in [-0.39, 0.29) is 11.7 Å². The van der Waals surface area contributed by atoms with Crippen molar-refractivity contribution in [3.63, 3.8) is 0 Å². The van der Waals surface area contributed by atoms with E-state index in [1.807, 2.05) is 13.8 Å². The van der Waals surface area contributed by atoms with Crippen LogP contribution in [0.3, 0.4) is 0 Å². The molecule has 2 nitrogen and oxygen atoms in total. The van der Waals surface area contributed by atoms with Crippen LogP contribution in [0.2, 0.25) is 5.02 Å². The first kappa shape index (κ1) is 12.3. The van der Waals surface area contributed by atoms with E-state index in [4.69, 9.17) is 27.9 Å². The first-order valence-electron chi connectivity index (χ1n) is 4.62. The van der Waals surface area contributed by atoms with Crippen LogP contribution in [-0.4, -0.2) is 18.3 Å². The molecule has 0 spiro atoms. The standard InChI is InChI=1S/C11H12Cl2O2/c1-3-15-11-4-7(2)8(5-9(11)13)10(14)6-12/h4-5H,3,6H2,1-2H3. The number of carbonyl (C=O) groups excluding carboxylic acids is 1. The molecule has 0 N–H and O–H groups in total. The molecule has 4 heteroatoms. The summed E-state index contributed by atoms with van der Waals surface area (Å²) in [5, 5.41) is 0.441. The van der Waals surface area contributed by atoms with Gasteiger partial charge in [-0.25, -0.2) is 0 Å². The van der Waals surface area contributed by atoms with Gasteiger partial charge in [-0.2, -0.15) is 0 Å². The number of hydrogen-bond acceptors (Lipinski definition) is 2.